The summed E-state index contributed by atoms with van der Waals surface area (Å²) in [6.07, 6.45) is 2.08. The normalized spacial score (nSPS) is 18.6. The summed E-state index contributed by atoms with van der Waals surface area (Å²) < 4.78 is 5.05. The topological polar surface area (TPSA) is 46.6 Å². The fourth-order valence-corrected chi connectivity index (χ4v) is 2.54. The lowest BCUT2D eigenvalue weighted by Gasteiger charge is -2.31. The number of benzene rings is 1. The number of hydrogen-bond donors (Lipinski definition) is 0. The van der Waals surface area contributed by atoms with Crippen LogP contribution in [0.1, 0.15) is 25.3 Å². The Labute approximate surface area is 119 Å². The molecule has 108 valence electrons. The number of carbonyl (C=O) groups is 2. The van der Waals surface area contributed by atoms with E-state index in [4.69, 9.17) is 4.74 Å². The minimum atomic E-state index is -0.176. The highest BCUT2D eigenvalue weighted by Gasteiger charge is 2.29. The van der Waals surface area contributed by atoms with E-state index in [1.54, 1.807) is 11.8 Å². The number of rotatable bonds is 4. The predicted molar refractivity (Wildman–Crippen MR) is 76.1 cm³/mol. The molecule has 4 heteroatoms. The van der Waals surface area contributed by atoms with Crippen molar-refractivity contribution in [1.29, 1.82) is 0 Å². The first-order valence-corrected chi connectivity index (χ1v) is 7.19. The molecule has 0 spiro atoms. The van der Waals surface area contributed by atoms with Crippen molar-refractivity contribution in [1.82, 2.24) is 4.90 Å². The molecule has 1 aromatic carbocycles. The molecule has 0 radical (unpaired) electrons. The highest BCUT2D eigenvalue weighted by Crippen LogP contribution is 2.19. The van der Waals surface area contributed by atoms with Crippen LogP contribution in [0.2, 0.25) is 0 Å². The number of ether oxygens (including phenoxy) is 1. The van der Waals surface area contributed by atoms with Crippen molar-refractivity contribution in [3.05, 3.63) is 35.9 Å². The van der Waals surface area contributed by atoms with Crippen molar-refractivity contribution in [2.45, 2.75) is 26.2 Å². The smallest absolute Gasteiger partial charge is 0.310 e. The molecule has 1 aromatic rings. The quantitative estimate of drug-likeness (QED) is 0.790. The van der Waals surface area contributed by atoms with Crippen molar-refractivity contribution >= 4 is 11.9 Å². The maximum absolute atomic E-state index is 12.3. The molecule has 2 rings (SSSR count). The monoisotopic (exact) mass is 275 g/mol. The minimum absolute atomic E-state index is 0.0881. The molecule has 0 saturated carbocycles. The van der Waals surface area contributed by atoms with Gasteiger partial charge in [0.2, 0.25) is 5.91 Å². The summed E-state index contributed by atoms with van der Waals surface area (Å²) in [6, 6.07) is 9.70. The van der Waals surface area contributed by atoms with Crippen LogP contribution in [0.15, 0.2) is 30.3 Å². The largest absolute Gasteiger partial charge is 0.466 e. The first-order valence-electron chi connectivity index (χ1n) is 7.19. The first-order chi connectivity index (χ1) is 9.70. The Morgan fingerprint density at radius 2 is 2.05 bits per heavy atom. The second kappa shape index (κ2) is 7.08. The highest BCUT2D eigenvalue weighted by atomic mass is 16.5. The van der Waals surface area contributed by atoms with E-state index in [-0.39, 0.29) is 17.8 Å². The van der Waals surface area contributed by atoms with Gasteiger partial charge >= 0.3 is 5.97 Å². The van der Waals surface area contributed by atoms with Crippen LogP contribution in [0.4, 0.5) is 0 Å². The fraction of sp³-hybridized carbons (Fsp3) is 0.500. The third-order valence-corrected chi connectivity index (χ3v) is 3.59. The van der Waals surface area contributed by atoms with Gasteiger partial charge in [-0.25, -0.2) is 0 Å². The Bertz CT molecular complexity index is 458. The molecule has 1 amide bonds. The molecule has 1 aliphatic heterocycles. The Morgan fingerprint density at radius 1 is 1.30 bits per heavy atom. The zero-order chi connectivity index (χ0) is 14.4. The molecule has 0 unspecified atom stereocenters. The second-order valence-electron chi connectivity index (χ2n) is 5.09. The van der Waals surface area contributed by atoms with E-state index >= 15 is 0 Å². The van der Waals surface area contributed by atoms with Gasteiger partial charge in [0.15, 0.2) is 0 Å². The number of hydrogen-bond acceptors (Lipinski definition) is 3. The highest BCUT2D eigenvalue weighted by molar-refractivity contribution is 5.80. The third-order valence-electron chi connectivity index (χ3n) is 3.59. The number of nitrogens with zero attached hydrogens (tertiary/aromatic N) is 1. The van der Waals surface area contributed by atoms with E-state index in [9.17, 15) is 9.59 Å². The van der Waals surface area contributed by atoms with Gasteiger partial charge in [-0.2, -0.15) is 0 Å². The zero-order valence-corrected chi connectivity index (χ0v) is 11.9. The first kappa shape index (κ1) is 14.6. The van der Waals surface area contributed by atoms with Crippen molar-refractivity contribution < 1.29 is 14.3 Å². The predicted octanol–water partition coefficient (Wildman–Crippen LogP) is 2.03. The molecular weight excluding hydrogens is 254 g/mol. The standard InChI is InChI=1S/C16H21NO3/c1-2-20-16(19)14-9-6-10-17(12-14)15(18)11-13-7-4-3-5-8-13/h3-5,7-8,14H,2,6,9-12H2,1H3/t14-/m1/s1. The Hall–Kier alpha value is -1.84. The Morgan fingerprint density at radius 3 is 2.75 bits per heavy atom. The van der Waals surface area contributed by atoms with E-state index in [0.717, 1.165) is 24.9 Å². The molecule has 1 aliphatic rings. The summed E-state index contributed by atoms with van der Waals surface area (Å²) in [6.45, 7) is 3.43. The Balaban J connectivity index is 1.91. The summed E-state index contributed by atoms with van der Waals surface area (Å²) in [5, 5.41) is 0. The van der Waals surface area contributed by atoms with Gasteiger partial charge in [0.25, 0.3) is 0 Å². The average Bonchev–Trinajstić information content (AvgIpc) is 2.48. The maximum atomic E-state index is 12.3. The maximum Gasteiger partial charge on any atom is 0.310 e. The third kappa shape index (κ3) is 3.83. The van der Waals surface area contributed by atoms with Crippen LogP contribution in [0.5, 0.6) is 0 Å². The van der Waals surface area contributed by atoms with Crippen LogP contribution in [0.3, 0.4) is 0 Å². The second-order valence-corrected chi connectivity index (χ2v) is 5.09. The van der Waals surface area contributed by atoms with Gasteiger partial charge in [0.1, 0.15) is 0 Å². The molecule has 1 fully saturated rings. The van der Waals surface area contributed by atoms with Crippen LogP contribution >= 0.6 is 0 Å². The summed E-state index contributed by atoms with van der Waals surface area (Å²) in [5.41, 5.74) is 1.01. The lowest BCUT2D eigenvalue weighted by atomic mass is 9.97. The number of esters is 1. The zero-order valence-electron chi connectivity index (χ0n) is 11.9. The van der Waals surface area contributed by atoms with Crippen LogP contribution < -0.4 is 0 Å². The van der Waals surface area contributed by atoms with Crippen molar-refractivity contribution in [3.8, 4) is 0 Å². The van der Waals surface area contributed by atoms with E-state index in [0.29, 0.717) is 19.6 Å². The van der Waals surface area contributed by atoms with Crippen LogP contribution in [0.25, 0.3) is 0 Å². The number of amides is 1. The summed E-state index contributed by atoms with van der Waals surface area (Å²) in [4.78, 5) is 25.8. The molecule has 1 heterocycles. The molecule has 1 saturated heterocycles. The summed E-state index contributed by atoms with van der Waals surface area (Å²) in [7, 11) is 0. The van der Waals surface area contributed by atoms with Gasteiger partial charge in [-0.3, -0.25) is 9.59 Å². The Kier molecular flexibility index (Phi) is 5.16. The molecule has 0 aromatic heterocycles. The van der Waals surface area contributed by atoms with Gasteiger partial charge in [0.05, 0.1) is 18.9 Å². The summed E-state index contributed by atoms with van der Waals surface area (Å²) in [5.74, 6) is -0.252. The van der Waals surface area contributed by atoms with Gasteiger partial charge in [0, 0.05) is 13.1 Å². The molecule has 1 atom stereocenters. The van der Waals surface area contributed by atoms with Crippen LogP contribution in [0, 0.1) is 5.92 Å². The van der Waals surface area contributed by atoms with E-state index in [2.05, 4.69) is 0 Å². The number of likely N-dealkylation sites (tertiary alicyclic amines) is 1. The minimum Gasteiger partial charge on any atom is -0.466 e. The SMILES string of the molecule is CCOC(=O)[C@@H]1CCCN(C(=O)Cc2ccccc2)C1. The van der Waals surface area contributed by atoms with Gasteiger partial charge in [-0.1, -0.05) is 30.3 Å². The van der Waals surface area contributed by atoms with Crippen molar-refractivity contribution in [2.24, 2.45) is 5.92 Å². The number of piperidine rings is 1. The van der Waals surface area contributed by atoms with Gasteiger partial charge in [-0.05, 0) is 25.3 Å². The molecule has 0 aliphatic carbocycles. The molecule has 4 nitrogen and oxygen atoms in total. The van der Waals surface area contributed by atoms with E-state index in [1.807, 2.05) is 30.3 Å². The van der Waals surface area contributed by atoms with Crippen molar-refractivity contribution in [3.63, 3.8) is 0 Å². The molecule has 20 heavy (non-hydrogen) atoms. The van der Waals surface area contributed by atoms with E-state index in [1.165, 1.54) is 0 Å². The van der Waals surface area contributed by atoms with Gasteiger partial charge < -0.3 is 9.64 Å². The average molecular weight is 275 g/mol. The lowest BCUT2D eigenvalue weighted by Crippen LogP contribution is -2.43. The van der Waals surface area contributed by atoms with Crippen LogP contribution in [-0.4, -0.2) is 36.5 Å². The molecule has 0 bridgehead atoms. The number of carbonyl (C=O) groups excluding carboxylic acids is 2. The van der Waals surface area contributed by atoms with E-state index < -0.39 is 0 Å². The van der Waals surface area contributed by atoms with Gasteiger partial charge in [-0.15, -0.1) is 0 Å². The molecular formula is C16H21NO3. The molecule has 0 N–H and O–H groups in total. The van der Waals surface area contributed by atoms with Crippen molar-refractivity contribution in [2.75, 3.05) is 19.7 Å². The van der Waals surface area contributed by atoms with Crippen LogP contribution in [-0.2, 0) is 20.7 Å². The summed E-state index contributed by atoms with van der Waals surface area (Å²) >= 11 is 0. The lowest BCUT2D eigenvalue weighted by molar-refractivity contribution is -0.151. The fourth-order valence-electron chi connectivity index (χ4n) is 2.54.